The highest BCUT2D eigenvalue weighted by atomic mass is 32.2. The van der Waals surface area contributed by atoms with Crippen molar-refractivity contribution in [3.8, 4) is 0 Å². The molecule has 1 aliphatic rings. The lowest BCUT2D eigenvalue weighted by atomic mass is 9.88. The minimum atomic E-state index is -0.207. The van der Waals surface area contributed by atoms with Crippen LogP contribution in [0.1, 0.15) is 35.6 Å². The summed E-state index contributed by atoms with van der Waals surface area (Å²) in [5, 5.41) is 3.12. The van der Waals surface area contributed by atoms with E-state index in [-0.39, 0.29) is 17.8 Å². The number of aryl methyl sites for hydroxylation is 1. The molecule has 23 heavy (non-hydrogen) atoms. The van der Waals surface area contributed by atoms with E-state index in [1.807, 2.05) is 18.2 Å². The van der Waals surface area contributed by atoms with Gasteiger partial charge >= 0.3 is 0 Å². The minimum Gasteiger partial charge on any atom is -0.349 e. The van der Waals surface area contributed by atoms with Crippen molar-refractivity contribution in [3.63, 3.8) is 0 Å². The van der Waals surface area contributed by atoms with Gasteiger partial charge in [-0.2, -0.15) is 0 Å². The van der Waals surface area contributed by atoms with Crippen molar-refractivity contribution in [2.75, 3.05) is 5.75 Å². The van der Waals surface area contributed by atoms with Gasteiger partial charge < -0.3 is 5.32 Å². The summed E-state index contributed by atoms with van der Waals surface area (Å²) in [5.41, 5.74) is 3.22. The van der Waals surface area contributed by atoms with Gasteiger partial charge in [0.05, 0.1) is 11.8 Å². The van der Waals surface area contributed by atoms with Gasteiger partial charge in [0.2, 0.25) is 5.91 Å². The van der Waals surface area contributed by atoms with E-state index in [0.29, 0.717) is 17.1 Å². The fraction of sp³-hybridized carbons (Fsp3) is 0.316. The molecule has 0 aromatic heterocycles. The van der Waals surface area contributed by atoms with Crippen LogP contribution in [0, 0.1) is 5.82 Å². The zero-order valence-electron chi connectivity index (χ0n) is 12.9. The average molecular weight is 329 g/mol. The van der Waals surface area contributed by atoms with Gasteiger partial charge in [0.25, 0.3) is 0 Å². The molecule has 4 heteroatoms. The van der Waals surface area contributed by atoms with E-state index < -0.39 is 0 Å². The Balaban J connectivity index is 1.52. The first-order valence-corrected chi connectivity index (χ1v) is 9.08. The molecule has 0 fully saturated rings. The second-order valence-electron chi connectivity index (χ2n) is 5.80. The first kappa shape index (κ1) is 16.1. The molecular weight excluding hydrogens is 309 g/mol. The number of carbonyl (C=O) groups is 1. The van der Waals surface area contributed by atoms with Crippen LogP contribution in [0.25, 0.3) is 0 Å². The smallest absolute Gasteiger partial charge is 0.230 e. The molecule has 2 aromatic carbocycles. The second kappa shape index (κ2) is 7.64. The summed E-state index contributed by atoms with van der Waals surface area (Å²) < 4.78 is 13.5. The van der Waals surface area contributed by atoms with Crippen molar-refractivity contribution < 1.29 is 9.18 Å². The number of thioether (sulfide) groups is 1. The topological polar surface area (TPSA) is 29.1 Å². The molecule has 120 valence electrons. The van der Waals surface area contributed by atoms with Crippen molar-refractivity contribution in [2.24, 2.45) is 0 Å². The Hall–Kier alpha value is -1.81. The van der Waals surface area contributed by atoms with Crippen LogP contribution in [-0.4, -0.2) is 11.7 Å². The molecule has 1 amide bonds. The third kappa shape index (κ3) is 4.14. The van der Waals surface area contributed by atoms with E-state index in [9.17, 15) is 9.18 Å². The van der Waals surface area contributed by atoms with Crippen LogP contribution >= 0.6 is 11.8 Å². The number of benzene rings is 2. The Morgan fingerprint density at radius 1 is 1.17 bits per heavy atom. The van der Waals surface area contributed by atoms with E-state index >= 15 is 0 Å². The number of carbonyl (C=O) groups excluding carboxylic acids is 1. The Kier molecular flexibility index (Phi) is 5.34. The molecule has 2 nitrogen and oxygen atoms in total. The number of nitrogens with one attached hydrogen (secondary N) is 1. The monoisotopic (exact) mass is 329 g/mol. The van der Waals surface area contributed by atoms with Gasteiger partial charge in [0, 0.05) is 5.75 Å². The molecule has 1 atom stereocenters. The van der Waals surface area contributed by atoms with E-state index in [4.69, 9.17) is 0 Å². The molecule has 3 rings (SSSR count). The molecule has 0 bridgehead atoms. The molecule has 0 heterocycles. The predicted molar refractivity (Wildman–Crippen MR) is 92.8 cm³/mol. The number of amides is 1. The first-order valence-electron chi connectivity index (χ1n) is 7.92. The van der Waals surface area contributed by atoms with E-state index in [1.165, 1.54) is 29.0 Å². The number of halogens is 1. The quantitative estimate of drug-likeness (QED) is 0.888. The fourth-order valence-electron chi connectivity index (χ4n) is 3.01. The van der Waals surface area contributed by atoms with Crippen molar-refractivity contribution in [3.05, 3.63) is 71.0 Å². The summed E-state index contributed by atoms with van der Waals surface area (Å²) in [7, 11) is 0. The van der Waals surface area contributed by atoms with Crippen LogP contribution in [0.3, 0.4) is 0 Å². The SMILES string of the molecule is O=C(CSCc1ccccc1F)NC1CCCc2ccccc21. The largest absolute Gasteiger partial charge is 0.349 e. The van der Waals surface area contributed by atoms with Crippen LogP contribution in [0.5, 0.6) is 0 Å². The molecular formula is C19H20FNOS. The predicted octanol–water partition coefficient (Wildman–Crippen LogP) is 4.25. The lowest BCUT2D eigenvalue weighted by molar-refractivity contribution is -0.119. The average Bonchev–Trinajstić information content (AvgIpc) is 2.57. The van der Waals surface area contributed by atoms with Crippen molar-refractivity contribution in [2.45, 2.75) is 31.1 Å². The minimum absolute atomic E-state index is 0.0213. The normalized spacial score (nSPS) is 16.7. The second-order valence-corrected chi connectivity index (χ2v) is 6.78. The summed E-state index contributed by atoms with van der Waals surface area (Å²) in [5.74, 6) is 0.684. The summed E-state index contributed by atoms with van der Waals surface area (Å²) in [6.07, 6.45) is 3.18. The summed E-state index contributed by atoms with van der Waals surface area (Å²) in [6, 6.07) is 15.1. The highest BCUT2D eigenvalue weighted by Gasteiger charge is 2.21. The molecule has 0 saturated heterocycles. The molecule has 0 spiro atoms. The van der Waals surface area contributed by atoms with Gasteiger partial charge in [0.15, 0.2) is 0 Å². The number of hydrogen-bond acceptors (Lipinski definition) is 2. The van der Waals surface area contributed by atoms with Crippen LogP contribution in [0.2, 0.25) is 0 Å². The van der Waals surface area contributed by atoms with Gasteiger partial charge in [-0.05, 0) is 42.0 Å². The van der Waals surface area contributed by atoms with E-state index in [1.54, 1.807) is 12.1 Å². The highest BCUT2D eigenvalue weighted by molar-refractivity contribution is 7.99. The van der Waals surface area contributed by atoms with Gasteiger partial charge in [-0.3, -0.25) is 4.79 Å². The van der Waals surface area contributed by atoms with Crippen molar-refractivity contribution >= 4 is 17.7 Å². The van der Waals surface area contributed by atoms with Crippen LogP contribution < -0.4 is 5.32 Å². The lowest BCUT2D eigenvalue weighted by Gasteiger charge is -2.26. The Morgan fingerprint density at radius 3 is 2.83 bits per heavy atom. The van der Waals surface area contributed by atoms with Gasteiger partial charge in [-0.1, -0.05) is 42.5 Å². The maximum Gasteiger partial charge on any atom is 0.230 e. The standard InChI is InChI=1S/C19H20FNOS/c20-17-10-4-2-7-15(17)12-23-13-19(22)21-18-11-5-8-14-6-1-3-9-16(14)18/h1-4,6-7,9-10,18H,5,8,11-13H2,(H,21,22). The number of fused-ring (bicyclic) bond motifs is 1. The Morgan fingerprint density at radius 2 is 1.96 bits per heavy atom. The van der Waals surface area contributed by atoms with Gasteiger partial charge in [-0.15, -0.1) is 11.8 Å². The van der Waals surface area contributed by atoms with Gasteiger partial charge in [-0.25, -0.2) is 4.39 Å². The van der Waals surface area contributed by atoms with Crippen LogP contribution in [0.4, 0.5) is 4.39 Å². The summed E-state index contributed by atoms with van der Waals surface area (Å²) in [6.45, 7) is 0. The van der Waals surface area contributed by atoms with Crippen molar-refractivity contribution in [1.82, 2.24) is 5.32 Å². The maximum absolute atomic E-state index is 13.5. The zero-order valence-corrected chi connectivity index (χ0v) is 13.7. The lowest BCUT2D eigenvalue weighted by Crippen LogP contribution is -2.32. The zero-order chi connectivity index (χ0) is 16.1. The third-order valence-corrected chi connectivity index (χ3v) is 5.13. The molecule has 0 saturated carbocycles. The molecule has 1 N–H and O–H groups in total. The van der Waals surface area contributed by atoms with Crippen LogP contribution in [0.15, 0.2) is 48.5 Å². The molecule has 2 aromatic rings. The van der Waals surface area contributed by atoms with E-state index in [2.05, 4.69) is 17.4 Å². The molecule has 0 radical (unpaired) electrons. The molecule has 1 unspecified atom stereocenters. The van der Waals surface area contributed by atoms with Crippen LogP contribution in [-0.2, 0) is 17.0 Å². The van der Waals surface area contributed by atoms with Gasteiger partial charge in [0.1, 0.15) is 5.82 Å². The van der Waals surface area contributed by atoms with Crippen molar-refractivity contribution in [1.29, 1.82) is 0 Å². The first-order chi connectivity index (χ1) is 11.2. The third-order valence-electron chi connectivity index (χ3n) is 4.15. The van der Waals surface area contributed by atoms with E-state index in [0.717, 1.165) is 19.3 Å². The molecule has 0 aliphatic heterocycles. The highest BCUT2D eigenvalue weighted by Crippen LogP contribution is 2.29. The Labute approximate surface area is 140 Å². The fourth-order valence-corrected chi connectivity index (χ4v) is 3.83. The summed E-state index contributed by atoms with van der Waals surface area (Å²) >= 11 is 1.45. The number of rotatable bonds is 5. The molecule has 1 aliphatic carbocycles. The summed E-state index contributed by atoms with van der Waals surface area (Å²) in [4.78, 5) is 12.2. The Bertz CT molecular complexity index is 689. The maximum atomic E-state index is 13.5. The number of hydrogen-bond donors (Lipinski definition) is 1.